The van der Waals surface area contributed by atoms with Gasteiger partial charge in [-0.15, -0.1) is 11.3 Å². The largest absolute Gasteiger partial charge is 0.294 e. The summed E-state index contributed by atoms with van der Waals surface area (Å²) in [4.78, 5) is 16.6. The number of thiazole rings is 1. The molecule has 0 atom stereocenters. The quantitative estimate of drug-likeness (QED) is 0.644. The Hall–Kier alpha value is -2.00. The number of aromatic nitrogens is 1. The Morgan fingerprint density at radius 2 is 1.75 bits per heavy atom. The number of fused-ring (bicyclic) bond motifs is 1. The first-order valence-electron chi connectivity index (χ1n) is 6.75. The zero-order valence-corrected chi connectivity index (χ0v) is 11.9. The van der Waals surface area contributed by atoms with E-state index < -0.39 is 0 Å². The number of aryl methyl sites for hydroxylation is 1. The molecule has 2 nitrogen and oxygen atoms in total. The highest BCUT2D eigenvalue weighted by Crippen LogP contribution is 2.22. The lowest BCUT2D eigenvalue weighted by Gasteiger charge is -1.99. The van der Waals surface area contributed by atoms with Crippen molar-refractivity contribution in [3.8, 4) is 0 Å². The van der Waals surface area contributed by atoms with Crippen LogP contribution in [0, 0.1) is 0 Å². The van der Waals surface area contributed by atoms with Crippen molar-refractivity contribution in [1.82, 2.24) is 4.98 Å². The molecule has 2 aromatic carbocycles. The van der Waals surface area contributed by atoms with E-state index in [-0.39, 0.29) is 5.78 Å². The number of rotatable bonds is 5. The van der Waals surface area contributed by atoms with Crippen LogP contribution in [-0.2, 0) is 6.42 Å². The van der Waals surface area contributed by atoms with E-state index in [9.17, 15) is 4.79 Å². The highest BCUT2D eigenvalue weighted by Gasteiger charge is 2.07. The average Bonchev–Trinajstić information content (AvgIpc) is 2.90. The van der Waals surface area contributed by atoms with Gasteiger partial charge >= 0.3 is 0 Å². The van der Waals surface area contributed by atoms with Crippen LogP contribution in [0.1, 0.15) is 28.2 Å². The summed E-state index contributed by atoms with van der Waals surface area (Å²) in [5.74, 6) is 0.215. The number of hydrogen-bond acceptors (Lipinski definition) is 3. The summed E-state index contributed by atoms with van der Waals surface area (Å²) < 4.78 is 1.22. The number of ketones is 1. The zero-order chi connectivity index (χ0) is 13.8. The van der Waals surface area contributed by atoms with E-state index >= 15 is 0 Å². The average molecular weight is 281 g/mol. The summed E-state index contributed by atoms with van der Waals surface area (Å²) in [5, 5.41) is 1.12. The molecule has 0 bridgehead atoms. The summed E-state index contributed by atoms with van der Waals surface area (Å²) in [6.07, 6.45) is 2.31. The van der Waals surface area contributed by atoms with Gasteiger partial charge in [0.05, 0.1) is 15.2 Å². The molecular formula is C17H15NOS. The highest BCUT2D eigenvalue weighted by atomic mass is 32.1. The van der Waals surface area contributed by atoms with Gasteiger partial charge in [0.15, 0.2) is 5.78 Å². The molecule has 1 aromatic heterocycles. The van der Waals surface area contributed by atoms with Crippen LogP contribution in [0.5, 0.6) is 0 Å². The fourth-order valence-electron chi connectivity index (χ4n) is 2.20. The van der Waals surface area contributed by atoms with Crippen molar-refractivity contribution < 1.29 is 4.79 Å². The molecule has 1 heterocycles. The van der Waals surface area contributed by atoms with Gasteiger partial charge in [0.2, 0.25) is 0 Å². The Kier molecular flexibility index (Phi) is 3.88. The van der Waals surface area contributed by atoms with Gasteiger partial charge in [-0.25, -0.2) is 4.98 Å². The Morgan fingerprint density at radius 1 is 1.00 bits per heavy atom. The highest BCUT2D eigenvalue weighted by molar-refractivity contribution is 7.18. The first-order valence-corrected chi connectivity index (χ1v) is 7.57. The van der Waals surface area contributed by atoms with Crippen LogP contribution in [-0.4, -0.2) is 10.8 Å². The minimum absolute atomic E-state index is 0.215. The van der Waals surface area contributed by atoms with Crippen molar-refractivity contribution in [2.24, 2.45) is 0 Å². The number of carbonyl (C=O) groups is 1. The summed E-state index contributed by atoms with van der Waals surface area (Å²) in [6.45, 7) is 0. The van der Waals surface area contributed by atoms with E-state index in [4.69, 9.17) is 0 Å². The molecular weight excluding hydrogens is 266 g/mol. The SMILES string of the molecule is O=C(CCCc1nc2ccccc2s1)c1ccccc1. The smallest absolute Gasteiger partial charge is 0.162 e. The van der Waals surface area contributed by atoms with Gasteiger partial charge in [0.1, 0.15) is 0 Å². The molecule has 100 valence electrons. The Morgan fingerprint density at radius 3 is 2.55 bits per heavy atom. The molecule has 0 spiro atoms. The fourth-order valence-corrected chi connectivity index (χ4v) is 3.20. The summed E-state index contributed by atoms with van der Waals surface area (Å²) >= 11 is 1.72. The lowest BCUT2D eigenvalue weighted by molar-refractivity contribution is 0.0980. The fraction of sp³-hybridized carbons (Fsp3) is 0.176. The molecule has 0 saturated heterocycles. The predicted octanol–water partition coefficient (Wildman–Crippen LogP) is 4.50. The molecule has 0 N–H and O–H groups in total. The third-order valence-electron chi connectivity index (χ3n) is 3.23. The monoisotopic (exact) mass is 281 g/mol. The number of para-hydroxylation sites is 1. The third kappa shape index (κ3) is 2.94. The maximum absolute atomic E-state index is 12.0. The molecule has 0 fully saturated rings. The zero-order valence-electron chi connectivity index (χ0n) is 11.1. The minimum Gasteiger partial charge on any atom is -0.294 e. The number of hydrogen-bond donors (Lipinski definition) is 0. The third-order valence-corrected chi connectivity index (χ3v) is 4.32. The topological polar surface area (TPSA) is 30.0 Å². The maximum Gasteiger partial charge on any atom is 0.162 e. The van der Waals surface area contributed by atoms with Crippen molar-refractivity contribution in [2.45, 2.75) is 19.3 Å². The van der Waals surface area contributed by atoms with Crippen molar-refractivity contribution in [2.75, 3.05) is 0 Å². The summed E-state index contributed by atoms with van der Waals surface area (Å²) in [5.41, 5.74) is 1.86. The molecule has 0 aliphatic carbocycles. The molecule has 3 rings (SSSR count). The second-order valence-corrected chi connectivity index (χ2v) is 5.83. The van der Waals surface area contributed by atoms with E-state index in [0.29, 0.717) is 6.42 Å². The van der Waals surface area contributed by atoms with Crippen molar-refractivity contribution in [1.29, 1.82) is 0 Å². The van der Waals surface area contributed by atoms with Crippen molar-refractivity contribution in [3.05, 3.63) is 65.2 Å². The van der Waals surface area contributed by atoms with E-state index in [2.05, 4.69) is 11.1 Å². The van der Waals surface area contributed by atoms with Crippen LogP contribution in [0.15, 0.2) is 54.6 Å². The van der Waals surface area contributed by atoms with Crippen LogP contribution in [0.3, 0.4) is 0 Å². The molecule has 0 aliphatic rings. The van der Waals surface area contributed by atoms with Crippen molar-refractivity contribution in [3.63, 3.8) is 0 Å². The van der Waals surface area contributed by atoms with Gasteiger partial charge in [-0.3, -0.25) is 4.79 Å². The van der Waals surface area contributed by atoms with Gasteiger partial charge in [-0.05, 0) is 25.0 Å². The van der Waals surface area contributed by atoms with E-state index in [1.54, 1.807) is 11.3 Å². The van der Waals surface area contributed by atoms with Crippen LogP contribution in [0.2, 0.25) is 0 Å². The van der Waals surface area contributed by atoms with Gasteiger partial charge in [0.25, 0.3) is 0 Å². The predicted molar refractivity (Wildman–Crippen MR) is 83.3 cm³/mol. The second-order valence-electron chi connectivity index (χ2n) is 4.72. The number of Topliss-reactive ketones (excluding diaryl/α,β-unsaturated/α-hetero) is 1. The first kappa shape index (κ1) is 13.0. The van der Waals surface area contributed by atoms with Gasteiger partial charge in [-0.2, -0.15) is 0 Å². The van der Waals surface area contributed by atoms with Gasteiger partial charge in [0, 0.05) is 12.0 Å². The number of carbonyl (C=O) groups excluding carboxylic acids is 1. The van der Waals surface area contributed by atoms with Crippen LogP contribution < -0.4 is 0 Å². The summed E-state index contributed by atoms with van der Waals surface area (Å²) in [6, 6.07) is 17.6. The molecule has 0 aliphatic heterocycles. The van der Waals surface area contributed by atoms with Crippen LogP contribution >= 0.6 is 11.3 Å². The minimum atomic E-state index is 0.215. The maximum atomic E-state index is 12.0. The molecule has 0 amide bonds. The molecule has 0 saturated carbocycles. The lowest BCUT2D eigenvalue weighted by atomic mass is 10.1. The van der Waals surface area contributed by atoms with Crippen molar-refractivity contribution >= 4 is 27.3 Å². The van der Waals surface area contributed by atoms with Crippen LogP contribution in [0.25, 0.3) is 10.2 Å². The Labute approximate surface area is 122 Å². The van der Waals surface area contributed by atoms with E-state index in [0.717, 1.165) is 28.9 Å². The number of nitrogens with zero attached hydrogens (tertiary/aromatic N) is 1. The standard InChI is InChI=1S/C17H15NOS/c19-15(13-7-2-1-3-8-13)10-6-12-17-18-14-9-4-5-11-16(14)20-17/h1-5,7-9,11H,6,10,12H2. The van der Waals surface area contributed by atoms with E-state index in [1.165, 1.54) is 4.70 Å². The molecule has 0 radical (unpaired) electrons. The molecule has 0 unspecified atom stereocenters. The normalized spacial score (nSPS) is 10.8. The lowest BCUT2D eigenvalue weighted by Crippen LogP contribution is -1.99. The van der Waals surface area contributed by atoms with Gasteiger partial charge in [-0.1, -0.05) is 42.5 Å². The number of benzene rings is 2. The van der Waals surface area contributed by atoms with Gasteiger partial charge < -0.3 is 0 Å². The summed E-state index contributed by atoms with van der Waals surface area (Å²) in [7, 11) is 0. The Balaban J connectivity index is 1.58. The van der Waals surface area contributed by atoms with E-state index in [1.807, 2.05) is 48.5 Å². The Bertz CT molecular complexity index is 685. The molecule has 20 heavy (non-hydrogen) atoms. The molecule has 3 aromatic rings. The van der Waals surface area contributed by atoms with Crippen LogP contribution in [0.4, 0.5) is 0 Å². The first-order chi connectivity index (χ1) is 9.83. The molecule has 3 heteroatoms. The second kappa shape index (κ2) is 5.97.